The van der Waals surface area contributed by atoms with Crippen molar-refractivity contribution in [3.63, 3.8) is 0 Å². The van der Waals surface area contributed by atoms with Gasteiger partial charge in [-0.3, -0.25) is 0 Å². The van der Waals surface area contributed by atoms with Gasteiger partial charge >= 0.3 is 5.97 Å². The largest absolute Gasteiger partial charge is 0.493 e. The van der Waals surface area contributed by atoms with Gasteiger partial charge in [-0.2, -0.15) is 0 Å². The molecule has 1 aliphatic rings. The van der Waals surface area contributed by atoms with E-state index in [1.807, 2.05) is 0 Å². The quantitative estimate of drug-likeness (QED) is 0.782. The van der Waals surface area contributed by atoms with Crippen molar-refractivity contribution >= 4 is 17.6 Å². The summed E-state index contributed by atoms with van der Waals surface area (Å²) in [7, 11) is 2.97. The third kappa shape index (κ3) is 4.02. The molecule has 0 bridgehead atoms. The topological polar surface area (TPSA) is 54.0 Å². The maximum Gasteiger partial charge on any atom is 0.338 e. The smallest absolute Gasteiger partial charge is 0.338 e. The van der Waals surface area contributed by atoms with Crippen LogP contribution in [0.5, 0.6) is 11.5 Å². The Morgan fingerprint density at radius 3 is 2.76 bits per heavy atom. The summed E-state index contributed by atoms with van der Waals surface area (Å²) >= 11 is 6.07. The summed E-state index contributed by atoms with van der Waals surface area (Å²) < 4.78 is 21.1. The SMILES string of the molecule is COc1cc(C(=O)OCC2CCCCO2)cc(Cl)c1OC. The maximum atomic E-state index is 12.1. The molecule has 0 radical (unpaired) electrons. The lowest BCUT2D eigenvalue weighted by Gasteiger charge is -2.22. The fourth-order valence-electron chi connectivity index (χ4n) is 2.23. The number of carbonyl (C=O) groups excluding carboxylic acids is 1. The molecule has 1 saturated heterocycles. The third-order valence-electron chi connectivity index (χ3n) is 3.34. The first-order valence-corrected chi connectivity index (χ1v) is 7.23. The van der Waals surface area contributed by atoms with Gasteiger partial charge in [0.25, 0.3) is 0 Å². The fraction of sp³-hybridized carbons (Fsp3) is 0.533. The second-order valence-electron chi connectivity index (χ2n) is 4.78. The first-order valence-electron chi connectivity index (χ1n) is 6.86. The van der Waals surface area contributed by atoms with E-state index in [0.717, 1.165) is 25.9 Å². The zero-order valence-corrected chi connectivity index (χ0v) is 12.9. The van der Waals surface area contributed by atoms with Crippen molar-refractivity contribution in [1.82, 2.24) is 0 Å². The molecule has 21 heavy (non-hydrogen) atoms. The van der Waals surface area contributed by atoms with Crippen molar-refractivity contribution in [3.05, 3.63) is 22.7 Å². The highest BCUT2D eigenvalue weighted by Gasteiger charge is 2.19. The van der Waals surface area contributed by atoms with Crippen LogP contribution >= 0.6 is 11.6 Å². The molecule has 0 spiro atoms. The van der Waals surface area contributed by atoms with E-state index in [1.54, 1.807) is 6.07 Å². The molecule has 2 rings (SSSR count). The van der Waals surface area contributed by atoms with Crippen molar-refractivity contribution in [3.8, 4) is 11.5 Å². The Morgan fingerprint density at radius 2 is 2.14 bits per heavy atom. The Hall–Kier alpha value is -1.46. The molecular formula is C15H19ClO5. The van der Waals surface area contributed by atoms with Gasteiger partial charge in [-0.25, -0.2) is 4.79 Å². The average molecular weight is 315 g/mol. The number of carbonyl (C=O) groups is 1. The first-order chi connectivity index (χ1) is 10.2. The van der Waals surface area contributed by atoms with Gasteiger partial charge in [0.2, 0.25) is 0 Å². The molecule has 0 N–H and O–H groups in total. The fourth-order valence-corrected chi connectivity index (χ4v) is 2.51. The molecule has 0 saturated carbocycles. The van der Waals surface area contributed by atoms with Gasteiger partial charge < -0.3 is 18.9 Å². The lowest BCUT2D eigenvalue weighted by atomic mass is 10.1. The second-order valence-corrected chi connectivity index (χ2v) is 5.19. The molecule has 1 heterocycles. The van der Waals surface area contributed by atoms with Crippen molar-refractivity contribution in [1.29, 1.82) is 0 Å². The second kappa shape index (κ2) is 7.52. The third-order valence-corrected chi connectivity index (χ3v) is 3.62. The lowest BCUT2D eigenvalue weighted by molar-refractivity contribution is -0.0300. The normalized spacial score (nSPS) is 18.1. The molecule has 1 aliphatic heterocycles. The van der Waals surface area contributed by atoms with Crippen LogP contribution in [0.2, 0.25) is 5.02 Å². The summed E-state index contributed by atoms with van der Waals surface area (Å²) in [4.78, 5) is 12.1. The predicted molar refractivity (Wildman–Crippen MR) is 78.4 cm³/mol. The molecule has 0 amide bonds. The Kier molecular flexibility index (Phi) is 5.70. The van der Waals surface area contributed by atoms with Gasteiger partial charge in [0.05, 0.1) is 30.9 Å². The van der Waals surface area contributed by atoms with Crippen LogP contribution in [0, 0.1) is 0 Å². The van der Waals surface area contributed by atoms with Crippen LogP contribution in [0.4, 0.5) is 0 Å². The molecule has 1 fully saturated rings. The predicted octanol–water partition coefficient (Wildman–Crippen LogP) is 3.08. The summed E-state index contributed by atoms with van der Waals surface area (Å²) in [6.07, 6.45) is 3.07. The van der Waals surface area contributed by atoms with Gasteiger partial charge in [-0.1, -0.05) is 11.6 Å². The zero-order valence-electron chi connectivity index (χ0n) is 12.2. The van der Waals surface area contributed by atoms with E-state index in [9.17, 15) is 4.79 Å². The molecule has 1 aromatic rings. The molecule has 1 atom stereocenters. The summed E-state index contributed by atoms with van der Waals surface area (Å²) in [5.41, 5.74) is 0.327. The molecule has 6 heteroatoms. The van der Waals surface area contributed by atoms with Crippen LogP contribution in [0.15, 0.2) is 12.1 Å². The van der Waals surface area contributed by atoms with Crippen LogP contribution in [-0.4, -0.2) is 39.5 Å². The Bertz CT molecular complexity index is 497. The first kappa shape index (κ1) is 15.9. The number of benzene rings is 1. The molecule has 0 aliphatic carbocycles. The Balaban J connectivity index is 2.03. The summed E-state index contributed by atoms with van der Waals surface area (Å²) in [6.45, 7) is 0.981. The van der Waals surface area contributed by atoms with Gasteiger partial charge in [-0.15, -0.1) is 0 Å². The van der Waals surface area contributed by atoms with Crippen molar-refractivity contribution in [2.24, 2.45) is 0 Å². The minimum absolute atomic E-state index is 0.0154. The molecule has 0 aromatic heterocycles. The summed E-state index contributed by atoms with van der Waals surface area (Å²) in [5.74, 6) is 0.337. The van der Waals surface area contributed by atoms with Gasteiger partial charge in [0.1, 0.15) is 6.61 Å². The minimum atomic E-state index is -0.452. The maximum absolute atomic E-state index is 12.1. The number of hydrogen-bond acceptors (Lipinski definition) is 5. The molecule has 116 valence electrons. The highest BCUT2D eigenvalue weighted by molar-refractivity contribution is 6.32. The molecule has 5 nitrogen and oxygen atoms in total. The van der Waals surface area contributed by atoms with Crippen molar-refractivity contribution in [2.75, 3.05) is 27.4 Å². The van der Waals surface area contributed by atoms with E-state index in [1.165, 1.54) is 20.3 Å². The summed E-state index contributed by atoms with van der Waals surface area (Å²) in [5, 5.41) is 0.303. The van der Waals surface area contributed by atoms with Gasteiger partial charge in [0.15, 0.2) is 11.5 Å². The van der Waals surface area contributed by atoms with E-state index in [4.69, 9.17) is 30.5 Å². The van der Waals surface area contributed by atoms with Crippen LogP contribution in [-0.2, 0) is 9.47 Å². The van der Waals surface area contributed by atoms with E-state index in [-0.39, 0.29) is 12.7 Å². The van der Waals surface area contributed by atoms with Crippen molar-refractivity contribution in [2.45, 2.75) is 25.4 Å². The van der Waals surface area contributed by atoms with Crippen molar-refractivity contribution < 1.29 is 23.7 Å². The lowest BCUT2D eigenvalue weighted by Crippen LogP contribution is -2.26. The zero-order chi connectivity index (χ0) is 15.2. The minimum Gasteiger partial charge on any atom is -0.493 e. The number of rotatable bonds is 5. The molecule has 1 aromatic carbocycles. The Morgan fingerprint density at radius 1 is 1.33 bits per heavy atom. The van der Waals surface area contributed by atoms with Crippen LogP contribution in [0.25, 0.3) is 0 Å². The van der Waals surface area contributed by atoms with Crippen LogP contribution in [0.1, 0.15) is 29.6 Å². The molecule has 1 unspecified atom stereocenters. The standard InChI is InChI=1S/C15H19ClO5/c1-18-13-8-10(7-12(16)14(13)19-2)15(17)21-9-11-5-3-4-6-20-11/h7-8,11H,3-6,9H2,1-2H3. The highest BCUT2D eigenvalue weighted by Crippen LogP contribution is 2.36. The van der Waals surface area contributed by atoms with E-state index >= 15 is 0 Å². The van der Waals surface area contributed by atoms with E-state index in [2.05, 4.69) is 0 Å². The van der Waals surface area contributed by atoms with E-state index < -0.39 is 5.97 Å². The number of hydrogen-bond donors (Lipinski definition) is 0. The number of ether oxygens (including phenoxy) is 4. The van der Waals surface area contributed by atoms with Gasteiger partial charge in [0, 0.05) is 6.61 Å². The van der Waals surface area contributed by atoms with Crippen LogP contribution in [0.3, 0.4) is 0 Å². The van der Waals surface area contributed by atoms with Crippen LogP contribution < -0.4 is 9.47 Å². The average Bonchev–Trinajstić information content (AvgIpc) is 2.52. The highest BCUT2D eigenvalue weighted by atomic mass is 35.5. The number of halogens is 1. The van der Waals surface area contributed by atoms with E-state index in [0.29, 0.717) is 22.1 Å². The van der Waals surface area contributed by atoms with Gasteiger partial charge in [-0.05, 0) is 31.4 Å². The summed E-state index contributed by atoms with van der Waals surface area (Å²) in [6, 6.07) is 3.06. The Labute approximate surface area is 129 Å². The number of esters is 1. The number of methoxy groups -OCH3 is 2. The monoisotopic (exact) mass is 314 g/mol. The molecular weight excluding hydrogens is 296 g/mol.